The van der Waals surface area contributed by atoms with Crippen molar-refractivity contribution in [2.45, 2.75) is 44.3 Å². The van der Waals surface area contributed by atoms with Gasteiger partial charge in [-0.25, -0.2) is 0 Å². The Morgan fingerprint density at radius 3 is 1.37 bits per heavy atom. The highest BCUT2D eigenvalue weighted by molar-refractivity contribution is 5.86. The van der Waals surface area contributed by atoms with Crippen molar-refractivity contribution in [3.05, 3.63) is 144 Å². The molecule has 0 aromatic heterocycles. The molecule has 1 atom stereocenters. The largest absolute Gasteiger partial charge is 0.351 e. The van der Waals surface area contributed by atoms with Gasteiger partial charge in [0, 0.05) is 12.1 Å². The zero-order chi connectivity index (χ0) is 24.7. The van der Waals surface area contributed by atoms with Gasteiger partial charge in [-0.3, -0.25) is 10.1 Å². The molecule has 3 nitrogen and oxygen atoms in total. The molecular weight excluding hydrogens is 428 g/mol. The van der Waals surface area contributed by atoms with E-state index < -0.39 is 11.5 Å². The molecule has 0 fully saturated rings. The second-order valence-corrected chi connectivity index (χ2v) is 9.94. The molecule has 3 heteroatoms. The van der Waals surface area contributed by atoms with Gasteiger partial charge in [-0.2, -0.15) is 0 Å². The Bertz CT molecular complexity index is 1100. The first-order valence-electron chi connectivity index (χ1n) is 12.2. The van der Waals surface area contributed by atoms with Crippen LogP contribution in [0.15, 0.2) is 121 Å². The van der Waals surface area contributed by atoms with E-state index in [1.165, 1.54) is 0 Å². The molecule has 0 aliphatic carbocycles. The number of amides is 1. The van der Waals surface area contributed by atoms with E-state index in [0.717, 1.165) is 22.3 Å². The topological polar surface area (TPSA) is 41.1 Å². The molecule has 0 aliphatic rings. The van der Waals surface area contributed by atoms with Crippen LogP contribution in [0.5, 0.6) is 0 Å². The van der Waals surface area contributed by atoms with Gasteiger partial charge in [0.1, 0.15) is 6.04 Å². The highest BCUT2D eigenvalue weighted by atomic mass is 16.2. The fourth-order valence-corrected chi connectivity index (χ4v) is 4.79. The molecule has 4 rings (SSSR count). The zero-order valence-electron chi connectivity index (χ0n) is 20.7. The molecule has 0 heterocycles. The maximum atomic E-state index is 14.2. The molecule has 0 bridgehead atoms. The molecule has 0 radical (unpaired) electrons. The van der Waals surface area contributed by atoms with E-state index in [-0.39, 0.29) is 11.4 Å². The summed E-state index contributed by atoms with van der Waals surface area (Å²) in [6, 6.07) is 40.6. The van der Waals surface area contributed by atoms with E-state index >= 15 is 0 Å². The fourth-order valence-electron chi connectivity index (χ4n) is 4.79. The SMILES string of the molecule is CC(C)(C)NC(C(=O)NCc1ccccc1)C(c1ccccc1)(c1ccccc1)c1ccccc1. The zero-order valence-corrected chi connectivity index (χ0v) is 20.7. The summed E-state index contributed by atoms with van der Waals surface area (Å²) in [6.07, 6.45) is 0. The van der Waals surface area contributed by atoms with Crippen molar-refractivity contribution >= 4 is 5.91 Å². The van der Waals surface area contributed by atoms with Crippen molar-refractivity contribution in [1.82, 2.24) is 10.6 Å². The van der Waals surface area contributed by atoms with Crippen molar-refractivity contribution in [3.63, 3.8) is 0 Å². The van der Waals surface area contributed by atoms with Gasteiger partial charge in [0.2, 0.25) is 5.91 Å². The first kappa shape index (κ1) is 24.4. The van der Waals surface area contributed by atoms with Crippen LogP contribution in [0.2, 0.25) is 0 Å². The first-order chi connectivity index (χ1) is 16.9. The lowest BCUT2D eigenvalue weighted by Crippen LogP contribution is -2.62. The van der Waals surface area contributed by atoms with Gasteiger partial charge in [0.25, 0.3) is 0 Å². The third-order valence-electron chi connectivity index (χ3n) is 6.27. The Morgan fingerprint density at radius 1 is 0.629 bits per heavy atom. The van der Waals surface area contributed by atoms with Crippen molar-refractivity contribution in [1.29, 1.82) is 0 Å². The molecule has 35 heavy (non-hydrogen) atoms. The Morgan fingerprint density at radius 2 is 1.00 bits per heavy atom. The van der Waals surface area contributed by atoms with Gasteiger partial charge in [-0.15, -0.1) is 0 Å². The van der Waals surface area contributed by atoms with Crippen molar-refractivity contribution in [2.75, 3.05) is 0 Å². The van der Waals surface area contributed by atoms with Crippen molar-refractivity contribution < 1.29 is 4.79 Å². The van der Waals surface area contributed by atoms with E-state index in [0.29, 0.717) is 6.54 Å². The lowest BCUT2D eigenvalue weighted by atomic mass is 9.64. The minimum atomic E-state index is -0.752. The lowest BCUT2D eigenvalue weighted by Gasteiger charge is -2.44. The predicted molar refractivity (Wildman–Crippen MR) is 144 cm³/mol. The average molecular weight is 463 g/mol. The van der Waals surface area contributed by atoms with Crippen LogP contribution in [0.25, 0.3) is 0 Å². The molecule has 0 spiro atoms. The molecular formula is C32H34N2O. The summed E-state index contributed by atoms with van der Waals surface area (Å²) in [4.78, 5) is 14.2. The number of rotatable bonds is 8. The maximum Gasteiger partial charge on any atom is 0.239 e. The van der Waals surface area contributed by atoms with Gasteiger partial charge in [0.05, 0.1) is 5.41 Å². The Labute approximate surface area is 209 Å². The maximum absolute atomic E-state index is 14.2. The van der Waals surface area contributed by atoms with Gasteiger partial charge >= 0.3 is 0 Å². The highest BCUT2D eigenvalue weighted by Gasteiger charge is 2.48. The highest BCUT2D eigenvalue weighted by Crippen LogP contribution is 2.43. The Kier molecular flexibility index (Phi) is 7.48. The average Bonchev–Trinajstić information content (AvgIpc) is 2.89. The minimum absolute atomic E-state index is 0.0414. The quantitative estimate of drug-likeness (QED) is 0.311. The minimum Gasteiger partial charge on any atom is -0.351 e. The monoisotopic (exact) mass is 462 g/mol. The lowest BCUT2D eigenvalue weighted by molar-refractivity contribution is -0.125. The van der Waals surface area contributed by atoms with Crippen LogP contribution >= 0.6 is 0 Å². The van der Waals surface area contributed by atoms with E-state index in [2.05, 4.69) is 67.8 Å². The fraction of sp³-hybridized carbons (Fsp3) is 0.219. The van der Waals surface area contributed by atoms with Gasteiger partial charge in [0.15, 0.2) is 0 Å². The molecule has 178 valence electrons. The molecule has 4 aromatic carbocycles. The summed E-state index contributed by atoms with van der Waals surface area (Å²) in [6.45, 7) is 6.79. The summed E-state index contributed by atoms with van der Waals surface area (Å²) in [5.41, 5.74) is 3.20. The summed E-state index contributed by atoms with van der Waals surface area (Å²) >= 11 is 0. The summed E-state index contributed by atoms with van der Waals surface area (Å²) in [7, 11) is 0. The summed E-state index contributed by atoms with van der Waals surface area (Å²) in [5.74, 6) is -0.0414. The standard InChI is InChI=1S/C32H34N2O/c1-31(2,3)34-29(30(35)33-24-25-16-8-4-9-17-25)32(26-18-10-5-11-19-26,27-20-12-6-13-21-27)28-22-14-7-15-23-28/h4-23,29,34H,24H2,1-3H3,(H,33,35). The first-order valence-corrected chi connectivity index (χ1v) is 12.2. The van der Waals surface area contributed by atoms with E-state index in [1.807, 2.05) is 84.9 Å². The van der Waals surface area contributed by atoms with Gasteiger partial charge < -0.3 is 5.32 Å². The van der Waals surface area contributed by atoms with Crippen LogP contribution in [0.4, 0.5) is 0 Å². The predicted octanol–water partition coefficient (Wildman–Crippen LogP) is 6.09. The number of carbonyl (C=O) groups is 1. The molecule has 1 unspecified atom stereocenters. The third-order valence-corrected chi connectivity index (χ3v) is 6.27. The molecule has 0 saturated carbocycles. The second-order valence-electron chi connectivity index (χ2n) is 9.94. The van der Waals surface area contributed by atoms with Crippen LogP contribution in [-0.4, -0.2) is 17.5 Å². The normalized spacial score (nSPS) is 12.7. The summed E-state index contributed by atoms with van der Waals surface area (Å²) < 4.78 is 0. The number of hydrogen-bond acceptors (Lipinski definition) is 2. The molecule has 0 saturated heterocycles. The number of hydrogen-bond donors (Lipinski definition) is 2. The van der Waals surface area contributed by atoms with E-state index in [4.69, 9.17) is 0 Å². The Balaban J connectivity index is 1.93. The molecule has 1 amide bonds. The van der Waals surface area contributed by atoms with Crippen LogP contribution in [0.1, 0.15) is 43.0 Å². The molecule has 4 aromatic rings. The smallest absolute Gasteiger partial charge is 0.239 e. The third kappa shape index (κ3) is 5.52. The van der Waals surface area contributed by atoms with Crippen molar-refractivity contribution in [2.24, 2.45) is 0 Å². The van der Waals surface area contributed by atoms with Gasteiger partial charge in [-0.1, -0.05) is 121 Å². The van der Waals surface area contributed by atoms with E-state index in [9.17, 15) is 4.79 Å². The van der Waals surface area contributed by atoms with Gasteiger partial charge in [-0.05, 0) is 43.0 Å². The van der Waals surface area contributed by atoms with Crippen LogP contribution in [-0.2, 0) is 16.8 Å². The molecule has 0 aliphatic heterocycles. The Hall–Kier alpha value is -3.69. The molecule has 2 N–H and O–H groups in total. The number of carbonyl (C=O) groups excluding carboxylic acids is 1. The van der Waals surface area contributed by atoms with Crippen LogP contribution in [0, 0.1) is 0 Å². The van der Waals surface area contributed by atoms with E-state index in [1.54, 1.807) is 0 Å². The van der Waals surface area contributed by atoms with Crippen molar-refractivity contribution in [3.8, 4) is 0 Å². The van der Waals surface area contributed by atoms with Crippen LogP contribution in [0.3, 0.4) is 0 Å². The van der Waals surface area contributed by atoms with Crippen LogP contribution < -0.4 is 10.6 Å². The number of nitrogens with one attached hydrogen (secondary N) is 2. The number of benzene rings is 4. The summed E-state index contributed by atoms with van der Waals surface area (Å²) in [5, 5.41) is 6.95. The second kappa shape index (κ2) is 10.7.